The zero-order valence-electron chi connectivity index (χ0n) is 7.48. The molecular weight excluding hydrogens is 278 g/mol. The zero-order chi connectivity index (χ0) is 11.6. The van der Waals surface area contributed by atoms with E-state index in [9.17, 15) is 17.6 Å². The maximum Gasteiger partial charge on any atom is 0.240 e. The van der Waals surface area contributed by atoms with E-state index in [1.807, 2.05) is 0 Å². The van der Waals surface area contributed by atoms with Crippen LogP contribution in [0.2, 0.25) is 0 Å². The molecule has 0 fully saturated rings. The highest BCUT2D eigenvalue weighted by Crippen LogP contribution is 2.28. The Kier molecular flexibility index (Phi) is 4.10. The van der Waals surface area contributed by atoms with Crippen LogP contribution in [0.25, 0.3) is 0 Å². The molecule has 0 aliphatic heterocycles. The highest BCUT2D eigenvalue weighted by molar-refractivity contribution is 9.10. The predicted molar refractivity (Wildman–Crippen MR) is 51.6 cm³/mol. The fraction of sp³-hybridized carbons (Fsp3) is 0.333. The van der Waals surface area contributed by atoms with Crippen LogP contribution in [0.15, 0.2) is 16.6 Å². The zero-order valence-corrected chi connectivity index (χ0v) is 9.07. The minimum absolute atomic E-state index is 0.00335. The second kappa shape index (κ2) is 4.94. The molecule has 6 heteroatoms. The van der Waals surface area contributed by atoms with Gasteiger partial charge in [-0.05, 0) is 28.1 Å². The Balaban J connectivity index is 3.07. The summed E-state index contributed by atoms with van der Waals surface area (Å²) in [7, 11) is 0. The van der Waals surface area contributed by atoms with Crippen LogP contribution >= 0.6 is 15.9 Å². The quantitative estimate of drug-likeness (QED) is 0.669. The van der Waals surface area contributed by atoms with Crippen LogP contribution in [0.1, 0.15) is 18.0 Å². The SMILES string of the molecule is N[C@H](CC(F)F)c1c(F)ccc(Br)c1F. The fourth-order valence-corrected chi connectivity index (χ4v) is 1.54. The molecular formula is C9H8BrF4N. The maximum absolute atomic E-state index is 13.4. The van der Waals surface area contributed by atoms with E-state index in [2.05, 4.69) is 15.9 Å². The minimum Gasteiger partial charge on any atom is -0.324 e. The Morgan fingerprint density at radius 2 is 1.87 bits per heavy atom. The first-order chi connectivity index (χ1) is 6.93. The fourth-order valence-electron chi connectivity index (χ4n) is 1.19. The van der Waals surface area contributed by atoms with E-state index in [-0.39, 0.29) is 4.47 Å². The summed E-state index contributed by atoms with van der Waals surface area (Å²) in [5, 5.41) is 0. The molecule has 1 atom stereocenters. The van der Waals surface area contributed by atoms with Crippen LogP contribution in [0.4, 0.5) is 17.6 Å². The van der Waals surface area contributed by atoms with Crippen molar-refractivity contribution in [2.75, 3.05) is 0 Å². The maximum atomic E-state index is 13.4. The van der Waals surface area contributed by atoms with Gasteiger partial charge in [0.15, 0.2) is 0 Å². The average Bonchev–Trinajstić information content (AvgIpc) is 2.11. The number of hydrogen-bond acceptors (Lipinski definition) is 1. The number of rotatable bonds is 3. The Hall–Kier alpha value is -0.620. The summed E-state index contributed by atoms with van der Waals surface area (Å²) in [4.78, 5) is 0. The third-order valence-electron chi connectivity index (χ3n) is 1.88. The third-order valence-corrected chi connectivity index (χ3v) is 2.49. The molecule has 15 heavy (non-hydrogen) atoms. The van der Waals surface area contributed by atoms with Gasteiger partial charge in [0.2, 0.25) is 6.43 Å². The molecule has 0 aromatic heterocycles. The Morgan fingerprint density at radius 3 is 2.40 bits per heavy atom. The van der Waals surface area contributed by atoms with Crippen LogP contribution in [0, 0.1) is 11.6 Å². The van der Waals surface area contributed by atoms with Gasteiger partial charge >= 0.3 is 0 Å². The summed E-state index contributed by atoms with van der Waals surface area (Å²) in [5.74, 6) is -1.84. The van der Waals surface area contributed by atoms with Crippen molar-refractivity contribution in [3.8, 4) is 0 Å². The van der Waals surface area contributed by atoms with Crippen LogP contribution in [-0.2, 0) is 0 Å². The molecule has 0 unspecified atom stereocenters. The van der Waals surface area contributed by atoms with Gasteiger partial charge in [0.25, 0.3) is 0 Å². The largest absolute Gasteiger partial charge is 0.324 e. The topological polar surface area (TPSA) is 26.0 Å². The second-order valence-electron chi connectivity index (χ2n) is 2.99. The lowest BCUT2D eigenvalue weighted by atomic mass is 10.0. The molecule has 0 heterocycles. The summed E-state index contributed by atoms with van der Waals surface area (Å²) >= 11 is 2.83. The molecule has 84 valence electrons. The van der Waals surface area contributed by atoms with Crippen molar-refractivity contribution in [2.24, 2.45) is 5.73 Å². The van der Waals surface area contributed by atoms with Gasteiger partial charge in [-0.25, -0.2) is 17.6 Å². The number of alkyl halides is 2. The predicted octanol–water partition coefficient (Wildman–Crippen LogP) is 3.38. The summed E-state index contributed by atoms with van der Waals surface area (Å²) in [6, 6.07) is 0.791. The van der Waals surface area contributed by atoms with Crippen molar-refractivity contribution in [3.05, 3.63) is 33.8 Å². The number of nitrogens with two attached hydrogens (primary N) is 1. The summed E-state index contributed by atoms with van der Waals surface area (Å²) < 4.78 is 50.5. The first kappa shape index (κ1) is 12.4. The lowest BCUT2D eigenvalue weighted by molar-refractivity contribution is 0.127. The van der Waals surface area contributed by atoms with Gasteiger partial charge in [-0.1, -0.05) is 0 Å². The number of benzene rings is 1. The van der Waals surface area contributed by atoms with Gasteiger partial charge in [-0.2, -0.15) is 0 Å². The second-order valence-corrected chi connectivity index (χ2v) is 3.84. The van der Waals surface area contributed by atoms with Gasteiger partial charge in [-0.15, -0.1) is 0 Å². The Labute approximate surface area is 92.4 Å². The molecule has 1 aromatic carbocycles. The smallest absolute Gasteiger partial charge is 0.240 e. The lowest BCUT2D eigenvalue weighted by Crippen LogP contribution is -2.17. The molecule has 1 aromatic rings. The molecule has 0 saturated carbocycles. The normalized spacial score (nSPS) is 13.3. The van der Waals surface area contributed by atoms with Crippen molar-refractivity contribution in [2.45, 2.75) is 18.9 Å². The van der Waals surface area contributed by atoms with Crippen LogP contribution in [0.5, 0.6) is 0 Å². The highest BCUT2D eigenvalue weighted by atomic mass is 79.9. The molecule has 2 N–H and O–H groups in total. The molecule has 0 saturated heterocycles. The standard InChI is InChI=1S/C9H8BrF4N/c10-4-1-2-5(11)8(9(4)14)6(15)3-7(12)13/h1-2,6-7H,3,15H2/t6-/m1/s1. The van der Waals surface area contributed by atoms with Gasteiger partial charge in [0, 0.05) is 18.0 Å². The van der Waals surface area contributed by atoms with Crippen molar-refractivity contribution in [1.82, 2.24) is 0 Å². The van der Waals surface area contributed by atoms with Crippen LogP contribution in [-0.4, -0.2) is 6.43 Å². The molecule has 0 amide bonds. The molecule has 1 rings (SSSR count). The third kappa shape index (κ3) is 2.92. The van der Waals surface area contributed by atoms with E-state index in [0.29, 0.717) is 0 Å². The molecule has 0 radical (unpaired) electrons. The molecule has 0 bridgehead atoms. The van der Waals surface area contributed by atoms with E-state index in [0.717, 1.165) is 12.1 Å². The summed E-state index contributed by atoms with van der Waals surface area (Å²) in [6.07, 6.45) is -3.47. The van der Waals surface area contributed by atoms with Crippen molar-refractivity contribution in [3.63, 3.8) is 0 Å². The van der Waals surface area contributed by atoms with E-state index < -0.39 is 36.1 Å². The van der Waals surface area contributed by atoms with E-state index >= 15 is 0 Å². The molecule has 0 aliphatic carbocycles. The summed E-state index contributed by atoms with van der Waals surface area (Å²) in [6.45, 7) is 0. The van der Waals surface area contributed by atoms with Gasteiger partial charge in [0.05, 0.1) is 4.47 Å². The van der Waals surface area contributed by atoms with E-state index in [1.165, 1.54) is 0 Å². The molecule has 0 aliphatic rings. The Bertz CT molecular complexity index is 356. The molecule has 0 spiro atoms. The number of hydrogen-bond donors (Lipinski definition) is 1. The highest BCUT2D eigenvalue weighted by Gasteiger charge is 2.21. The minimum atomic E-state index is -2.70. The summed E-state index contributed by atoms with van der Waals surface area (Å²) in [5.41, 5.74) is 4.78. The van der Waals surface area contributed by atoms with Gasteiger partial charge in [0.1, 0.15) is 11.6 Å². The monoisotopic (exact) mass is 285 g/mol. The van der Waals surface area contributed by atoms with Crippen molar-refractivity contribution >= 4 is 15.9 Å². The van der Waals surface area contributed by atoms with Gasteiger partial charge < -0.3 is 5.73 Å². The van der Waals surface area contributed by atoms with E-state index in [4.69, 9.17) is 5.73 Å². The first-order valence-electron chi connectivity index (χ1n) is 4.10. The van der Waals surface area contributed by atoms with Crippen molar-refractivity contribution < 1.29 is 17.6 Å². The molecule has 1 nitrogen and oxygen atoms in total. The van der Waals surface area contributed by atoms with Gasteiger partial charge in [-0.3, -0.25) is 0 Å². The number of halogens is 5. The van der Waals surface area contributed by atoms with E-state index in [1.54, 1.807) is 0 Å². The van der Waals surface area contributed by atoms with Crippen molar-refractivity contribution in [1.29, 1.82) is 0 Å². The van der Waals surface area contributed by atoms with Crippen LogP contribution < -0.4 is 5.73 Å². The first-order valence-corrected chi connectivity index (χ1v) is 4.90. The Morgan fingerprint density at radius 1 is 1.27 bits per heavy atom. The average molecular weight is 286 g/mol. The lowest BCUT2D eigenvalue weighted by Gasteiger charge is -2.13. The van der Waals surface area contributed by atoms with Crippen LogP contribution in [0.3, 0.4) is 0 Å².